The molecule has 9 atom stereocenters. The van der Waals surface area contributed by atoms with Crippen molar-refractivity contribution >= 4 is 57.7 Å². The molecule has 5 unspecified atom stereocenters. The Hall–Kier alpha value is -4.27. The molecule has 0 saturated carbocycles. The number of rotatable bonds is 14. The van der Waals surface area contributed by atoms with Gasteiger partial charge >= 0.3 is 34.8 Å². The fourth-order valence-corrected chi connectivity index (χ4v) is 10.3. The first-order chi connectivity index (χ1) is 27.7. The van der Waals surface area contributed by atoms with E-state index in [0.29, 0.717) is 6.54 Å². The van der Waals surface area contributed by atoms with Crippen LogP contribution in [0.3, 0.4) is 0 Å². The monoisotopic (exact) mass is 891 g/mol. The number of aromatic amines is 2. The summed E-state index contributed by atoms with van der Waals surface area (Å²) in [7, 11) is -14.1. The molecule has 5 aromatic rings. The maximum Gasteiger partial charge on any atom is 0.490 e. The molecule has 2 aliphatic heterocycles. The summed E-state index contributed by atoms with van der Waals surface area (Å²) in [4.78, 5) is 70.8. The van der Waals surface area contributed by atoms with Crippen molar-refractivity contribution in [2.24, 2.45) is 14.1 Å². The Labute approximate surface area is 330 Å². The van der Waals surface area contributed by atoms with Crippen LogP contribution in [0, 0.1) is 0 Å². The molecule has 1 aromatic carbocycles. The number of phosphoric ester groups is 2. The minimum Gasteiger partial charge on any atom is -0.387 e. The third kappa shape index (κ3) is 9.39. The SMILES string of the molecule is Cn1c[n+](C2CN(Cc3ccccc3)CC(COP(=O)(O)OP(=O)(O)OP(=O)(O)OC[C@H]3O[C@@H]([n+]4cn(C)c5c(=O)[nH]c(N)nc54)[C@H](O)[C@@H]3O)O2)c2nc(N)[nH]c(=O)c21. The van der Waals surface area contributed by atoms with Crippen LogP contribution >= 0.6 is 23.5 Å². The Morgan fingerprint density at radius 1 is 0.797 bits per heavy atom. The Kier molecular flexibility index (Phi) is 11.8. The summed E-state index contributed by atoms with van der Waals surface area (Å²) < 4.78 is 73.9. The number of ether oxygens (including phenoxy) is 2. The van der Waals surface area contributed by atoms with Gasteiger partial charge in [-0.25, -0.2) is 22.8 Å². The zero-order chi connectivity index (χ0) is 42.6. The molecule has 27 nitrogen and oxygen atoms in total. The fraction of sp³-hybridized carbons (Fsp3) is 0.448. The van der Waals surface area contributed by atoms with Gasteiger partial charge in [-0.2, -0.15) is 8.62 Å². The van der Waals surface area contributed by atoms with Crippen LogP contribution in [0.1, 0.15) is 18.0 Å². The van der Waals surface area contributed by atoms with E-state index in [1.54, 1.807) is 17.9 Å². The van der Waals surface area contributed by atoms with Crippen molar-refractivity contribution in [1.82, 2.24) is 34.0 Å². The first-order valence-electron chi connectivity index (χ1n) is 17.3. The lowest BCUT2D eigenvalue weighted by atomic mass is 10.1. The Balaban J connectivity index is 0.987. The second-order valence-electron chi connectivity index (χ2n) is 13.6. The van der Waals surface area contributed by atoms with Crippen LogP contribution in [0.5, 0.6) is 0 Å². The summed E-state index contributed by atoms with van der Waals surface area (Å²) in [6.07, 6.45) is -5.54. The van der Waals surface area contributed by atoms with Gasteiger partial charge in [-0.05, 0) is 5.56 Å². The third-order valence-corrected chi connectivity index (χ3v) is 13.5. The first kappa shape index (κ1) is 42.8. The highest BCUT2D eigenvalue weighted by atomic mass is 31.3. The van der Waals surface area contributed by atoms with E-state index in [2.05, 4.69) is 28.6 Å². The van der Waals surface area contributed by atoms with Gasteiger partial charge in [0, 0.05) is 13.1 Å². The van der Waals surface area contributed by atoms with Crippen molar-refractivity contribution in [2.45, 2.75) is 43.4 Å². The summed E-state index contributed by atoms with van der Waals surface area (Å²) in [5.41, 5.74) is 11.6. The highest BCUT2D eigenvalue weighted by Crippen LogP contribution is 2.67. The molecule has 0 aliphatic carbocycles. The molecule has 7 rings (SSSR count). The van der Waals surface area contributed by atoms with Crippen LogP contribution in [-0.2, 0) is 61.5 Å². The van der Waals surface area contributed by atoms with Crippen molar-refractivity contribution in [3.63, 3.8) is 0 Å². The second-order valence-corrected chi connectivity index (χ2v) is 18.2. The van der Waals surface area contributed by atoms with E-state index in [9.17, 15) is 48.2 Å². The lowest BCUT2D eigenvalue weighted by Crippen LogP contribution is -2.55. The van der Waals surface area contributed by atoms with Crippen LogP contribution in [-0.4, -0.2) is 110 Å². The van der Waals surface area contributed by atoms with Gasteiger partial charge in [0.05, 0.1) is 40.0 Å². The molecule has 6 heterocycles. The highest BCUT2D eigenvalue weighted by molar-refractivity contribution is 7.66. The van der Waals surface area contributed by atoms with E-state index < -0.39 is 84.7 Å². The summed E-state index contributed by atoms with van der Waals surface area (Å²) in [6, 6.07) is 9.29. The number of aromatic nitrogens is 8. The molecular formula is C29H40N11O16P3+2. The number of aryl methyl sites for hydroxylation is 2. The summed E-state index contributed by atoms with van der Waals surface area (Å²) >= 11 is 0. The van der Waals surface area contributed by atoms with Crippen LogP contribution in [0.2, 0.25) is 0 Å². The van der Waals surface area contributed by atoms with E-state index in [0.717, 1.165) is 5.56 Å². The number of nitrogens with one attached hydrogen (secondary N) is 2. The number of anilines is 2. The molecule has 30 heteroatoms. The first-order valence-corrected chi connectivity index (χ1v) is 21.8. The number of morpholine rings is 1. The van der Waals surface area contributed by atoms with Gasteiger partial charge in [0.25, 0.3) is 23.0 Å². The van der Waals surface area contributed by atoms with Gasteiger partial charge in [0.2, 0.25) is 17.3 Å². The summed E-state index contributed by atoms with van der Waals surface area (Å²) in [5.74, 6) is -0.411. The zero-order valence-corrected chi connectivity index (χ0v) is 33.6. The molecule has 320 valence electrons. The zero-order valence-electron chi connectivity index (χ0n) is 30.9. The normalized spacial score (nSPS) is 25.9. The van der Waals surface area contributed by atoms with Gasteiger partial charge in [0.15, 0.2) is 18.9 Å². The maximum absolute atomic E-state index is 12.9. The number of aliphatic hydroxyl groups is 2. The van der Waals surface area contributed by atoms with Crippen LogP contribution in [0.25, 0.3) is 22.3 Å². The Morgan fingerprint density at radius 2 is 1.34 bits per heavy atom. The van der Waals surface area contributed by atoms with Crippen LogP contribution in [0.15, 0.2) is 52.6 Å². The van der Waals surface area contributed by atoms with E-state index in [4.69, 9.17) is 30.0 Å². The number of hydrogen-bond donors (Lipinski definition) is 9. The van der Waals surface area contributed by atoms with E-state index in [1.165, 1.54) is 27.1 Å². The number of phosphoric acid groups is 3. The van der Waals surface area contributed by atoms with Crippen molar-refractivity contribution < 1.29 is 74.9 Å². The standard InChI is InChI=1S/C29H38N11O16P3/c1-36-13-39(23-19(36)25(43)34-28(30)32-23)18-10-38(8-15-6-4-3-5-7-15)9-16(53-18)11-51-57(45,46)55-59(49,50)56-58(47,48)52-12-17-21(41)22(42)27(54-17)40-14-37(2)20-24(40)33-29(31)35-26(20)44/h3-7,13-14,16-18,21-22,27,41-42H,8-12H2,1-2H3,(H7-2,30,31,32,33,34,35,43,44,45,46,47,48,49,50)/p+2/t16?,17-,18?,21-,22-,27-/m1/s1. The number of aliphatic hydroxyl groups excluding tert-OH is 2. The average molecular weight is 892 g/mol. The van der Waals surface area contributed by atoms with E-state index in [1.807, 2.05) is 35.2 Å². The van der Waals surface area contributed by atoms with Gasteiger partial charge < -0.3 is 45.8 Å². The smallest absolute Gasteiger partial charge is 0.387 e. The number of nitrogens with zero attached hydrogens (tertiary/aromatic N) is 7. The topological polar surface area (TPSA) is 372 Å². The Morgan fingerprint density at radius 3 is 1.93 bits per heavy atom. The molecule has 0 spiro atoms. The maximum atomic E-state index is 12.9. The lowest BCUT2D eigenvalue weighted by Gasteiger charge is -2.37. The number of H-pyrrole nitrogens is 2. The number of nitrogens with two attached hydrogens (primary N) is 2. The van der Waals surface area contributed by atoms with Crippen LogP contribution in [0.4, 0.5) is 11.9 Å². The van der Waals surface area contributed by atoms with Crippen molar-refractivity contribution in [3.05, 3.63) is 69.3 Å². The number of benzene rings is 1. The Bertz CT molecular complexity index is 2640. The molecular weight excluding hydrogens is 851 g/mol. The van der Waals surface area contributed by atoms with Crippen molar-refractivity contribution in [3.8, 4) is 0 Å². The molecule has 11 N–H and O–H groups in total. The molecule has 2 fully saturated rings. The predicted molar refractivity (Wildman–Crippen MR) is 197 cm³/mol. The van der Waals surface area contributed by atoms with Crippen LogP contribution < -0.4 is 31.7 Å². The molecule has 59 heavy (non-hydrogen) atoms. The highest BCUT2D eigenvalue weighted by Gasteiger charge is 2.49. The molecule has 0 radical (unpaired) electrons. The minimum absolute atomic E-state index is 0.0316. The van der Waals surface area contributed by atoms with Gasteiger partial charge in [-0.3, -0.25) is 42.6 Å². The number of hydrogen-bond acceptors (Lipinski definition) is 18. The predicted octanol–water partition coefficient (Wildman–Crippen LogP) is -2.34. The van der Waals surface area contributed by atoms with E-state index >= 15 is 0 Å². The molecule has 2 saturated heterocycles. The quantitative estimate of drug-likeness (QED) is 0.0417. The summed E-state index contributed by atoms with van der Waals surface area (Å²) in [6.45, 7) is -1.04. The molecule has 4 aromatic heterocycles. The fourth-order valence-electron chi connectivity index (χ4n) is 6.81. The number of fused-ring (bicyclic) bond motifs is 2. The lowest BCUT2D eigenvalue weighted by molar-refractivity contribution is -0.747. The number of imidazole rings is 2. The van der Waals surface area contributed by atoms with Crippen molar-refractivity contribution in [2.75, 3.05) is 37.8 Å². The van der Waals surface area contributed by atoms with Crippen molar-refractivity contribution in [1.29, 1.82) is 0 Å². The second kappa shape index (κ2) is 16.3. The van der Waals surface area contributed by atoms with Gasteiger partial charge in [0.1, 0.15) is 18.3 Å². The molecule has 0 amide bonds. The molecule has 0 bridgehead atoms. The van der Waals surface area contributed by atoms with E-state index in [-0.39, 0.29) is 47.3 Å². The minimum atomic E-state index is -5.94. The van der Waals surface area contributed by atoms with Gasteiger partial charge in [-0.1, -0.05) is 40.3 Å². The largest absolute Gasteiger partial charge is 0.490 e. The number of nitrogen functional groups attached to an aromatic ring is 2. The third-order valence-electron chi connectivity index (χ3n) is 9.21. The summed E-state index contributed by atoms with van der Waals surface area (Å²) in [5, 5.41) is 21.3. The average Bonchev–Trinajstić information content (AvgIpc) is 3.75. The van der Waals surface area contributed by atoms with Gasteiger partial charge in [-0.15, -0.1) is 0 Å². The molecule has 2 aliphatic rings.